The molecule has 0 saturated heterocycles. The lowest BCUT2D eigenvalue weighted by Gasteiger charge is -2.20. The summed E-state index contributed by atoms with van der Waals surface area (Å²) in [5.74, 6) is -0.353. The van der Waals surface area contributed by atoms with Crippen LogP contribution in [-0.2, 0) is 22.8 Å². The van der Waals surface area contributed by atoms with Gasteiger partial charge in [-0.3, -0.25) is 0 Å². The normalized spacial score (nSPS) is 11.8. The van der Waals surface area contributed by atoms with Crippen molar-refractivity contribution in [3.8, 4) is 0 Å². The predicted molar refractivity (Wildman–Crippen MR) is 70.9 cm³/mol. The van der Waals surface area contributed by atoms with Crippen molar-refractivity contribution in [3.05, 3.63) is 23.9 Å². The Labute approximate surface area is 110 Å². The summed E-state index contributed by atoms with van der Waals surface area (Å²) in [5.41, 5.74) is 2.23. The molecule has 0 unspecified atom stereocenters. The van der Waals surface area contributed by atoms with E-state index < -0.39 is 8.80 Å². The van der Waals surface area contributed by atoms with Crippen LogP contribution in [0.15, 0.2) is 23.9 Å². The van der Waals surface area contributed by atoms with E-state index in [-0.39, 0.29) is 5.97 Å². The lowest BCUT2D eigenvalue weighted by atomic mass is 10.3. The van der Waals surface area contributed by atoms with Crippen molar-refractivity contribution in [2.24, 2.45) is 0 Å². The summed E-state index contributed by atoms with van der Waals surface area (Å²) in [6.45, 7) is 5.50. The minimum absolute atomic E-state index is 0.353. The van der Waals surface area contributed by atoms with E-state index in [1.54, 1.807) is 28.3 Å². The lowest BCUT2D eigenvalue weighted by Crippen LogP contribution is -2.40. The Morgan fingerprint density at radius 1 is 1.22 bits per heavy atom. The van der Waals surface area contributed by atoms with E-state index in [2.05, 4.69) is 6.58 Å². The van der Waals surface area contributed by atoms with E-state index in [1.165, 1.54) is 0 Å². The molecule has 0 spiro atoms. The van der Waals surface area contributed by atoms with Gasteiger partial charge in [0.25, 0.3) is 0 Å². The van der Waals surface area contributed by atoms with Crippen molar-refractivity contribution in [2.75, 3.05) is 27.9 Å². The molecule has 0 bridgehead atoms. The first kappa shape index (κ1) is 17.0. The number of esters is 1. The monoisotopic (exact) mass is 274 g/mol. The standard InChI is InChI=1S/C12H22O5Si/c1-11(2)12(13)17-9-7-6-8-10-18(14-3,15-4)16-5/h8,10H,1,6-7,9H2,2-5H3. The SMILES string of the molecule is C=C(C)C(=O)OCCCC=C[Si](OC)(OC)OC. The van der Waals surface area contributed by atoms with Crippen molar-refractivity contribution in [3.63, 3.8) is 0 Å². The Kier molecular flexibility index (Phi) is 8.56. The van der Waals surface area contributed by atoms with Crippen molar-refractivity contribution in [1.82, 2.24) is 0 Å². The molecule has 0 fully saturated rings. The summed E-state index contributed by atoms with van der Waals surface area (Å²) >= 11 is 0. The Hall–Kier alpha value is -0.953. The van der Waals surface area contributed by atoms with Crippen LogP contribution in [0.3, 0.4) is 0 Å². The average Bonchev–Trinajstić information content (AvgIpc) is 2.38. The summed E-state index contributed by atoms with van der Waals surface area (Å²) in [6.07, 6.45) is 3.41. The summed E-state index contributed by atoms with van der Waals surface area (Å²) in [4.78, 5) is 11.1. The molecule has 0 N–H and O–H groups in total. The molecular formula is C12H22O5Si. The summed E-state index contributed by atoms with van der Waals surface area (Å²) < 4.78 is 20.6. The minimum atomic E-state index is -2.62. The molecule has 0 saturated carbocycles. The summed E-state index contributed by atoms with van der Waals surface area (Å²) in [7, 11) is 2.04. The summed E-state index contributed by atoms with van der Waals surface area (Å²) in [6, 6.07) is 0. The molecule has 6 heteroatoms. The highest BCUT2D eigenvalue weighted by Crippen LogP contribution is 2.08. The van der Waals surface area contributed by atoms with Crippen LogP contribution in [0.1, 0.15) is 19.8 Å². The van der Waals surface area contributed by atoms with Gasteiger partial charge in [-0.2, -0.15) is 0 Å². The molecule has 0 radical (unpaired) electrons. The topological polar surface area (TPSA) is 54.0 Å². The largest absolute Gasteiger partial charge is 0.528 e. The summed E-state index contributed by atoms with van der Waals surface area (Å²) in [5, 5.41) is 0. The molecule has 0 aliphatic heterocycles. The first-order valence-electron chi connectivity index (χ1n) is 5.67. The second-order valence-electron chi connectivity index (χ2n) is 3.68. The Morgan fingerprint density at radius 3 is 2.22 bits per heavy atom. The molecule has 0 amide bonds. The van der Waals surface area contributed by atoms with Crippen molar-refractivity contribution in [2.45, 2.75) is 19.8 Å². The number of hydrogen-bond donors (Lipinski definition) is 0. The first-order chi connectivity index (χ1) is 8.51. The lowest BCUT2D eigenvalue weighted by molar-refractivity contribution is -0.139. The molecule has 0 atom stereocenters. The van der Waals surface area contributed by atoms with Crippen LogP contribution in [-0.4, -0.2) is 42.7 Å². The quantitative estimate of drug-likeness (QED) is 0.278. The maximum absolute atomic E-state index is 11.1. The molecule has 0 aliphatic rings. The van der Waals surface area contributed by atoms with Crippen molar-refractivity contribution in [1.29, 1.82) is 0 Å². The third-order valence-corrected chi connectivity index (χ3v) is 4.62. The van der Waals surface area contributed by atoms with Gasteiger partial charge in [-0.1, -0.05) is 12.7 Å². The highest BCUT2D eigenvalue weighted by Gasteiger charge is 2.33. The molecule has 0 aromatic rings. The maximum atomic E-state index is 11.1. The third kappa shape index (κ3) is 6.11. The van der Waals surface area contributed by atoms with Gasteiger partial charge in [0.15, 0.2) is 0 Å². The number of carbonyl (C=O) groups is 1. The molecule has 5 nitrogen and oxygen atoms in total. The van der Waals surface area contributed by atoms with Gasteiger partial charge in [0.1, 0.15) is 0 Å². The van der Waals surface area contributed by atoms with E-state index in [0.29, 0.717) is 12.2 Å². The van der Waals surface area contributed by atoms with E-state index in [9.17, 15) is 4.79 Å². The van der Waals surface area contributed by atoms with Gasteiger partial charge in [0.2, 0.25) is 0 Å². The average molecular weight is 274 g/mol. The van der Waals surface area contributed by atoms with Crippen LogP contribution in [0.4, 0.5) is 0 Å². The number of allylic oxidation sites excluding steroid dienone is 1. The van der Waals surface area contributed by atoms with E-state index in [4.69, 9.17) is 18.0 Å². The van der Waals surface area contributed by atoms with Gasteiger partial charge < -0.3 is 18.0 Å². The van der Waals surface area contributed by atoms with Crippen LogP contribution in [0.5, 0.6) is 0 Å². The van der Waals surface area contributed by atoms with Crippen LogP contribution < -0.4 is 0 Å². The van der Waals surface area contributed by atoms with Gasteiger partial charge in [0, 0.05) is 26.9 Å². The molecule has 0 rings (SSSR count). The molecule has 0 aromatic carbocycles. The van der Waals surface area contributed by atoms with Gasteiger partial charge in [0.05, 0.1) is 6.61 Å². The van der Waals surface area contributed by atoms with Gasteiger partial charge in [-0.15, -0.1) is 0 Å². The molecule has 18 heavy (non-hydrogen) atoms. The van der Waals surface area contributed by atoms with Gasteiger partial charge >= 0.3 is 14.8 Å². The molecule has 0 aliphatic carbocycles. The fourth-order valence-electron chi connectivity index (χ4n) is 1.17. The highest BCUT2D eigenvalue weighted by molar-refractivity contribution is 6.66. The van der Waals surface area contributed by atoms with E-state index in [1.807, 2.05) is 11.8 Å². The number of ether oxygens (including phenoxy) is 1. The van der Waals surface area contributed by atoms with Crippen molar-refractivity contribution >= 4 is 14.8 Å². The fraction of sp³-hybridized carbons (Fsp3) is 0.583. The maximum Gasteiger partial charge on any atom is 0.528 e. The second kappa shape index (κ2) is 9.04. The first-order valence-corrected chi connectivity index (χ1v) is 7.47. The zero-order chi connectivity index (χ0) is 14.0. The van der Waals surface area contributed by atoms with Crippen LogP contribution in [0.2, 0.25) is 0 Å². The zero-order valence-corrected chi connectivity index (χ0v) is 12.5. The Bertz CT molecular complexity index is 289. The Balaban J connectivity index is 3.90. The van der Waals surface area contributed by atoms with Crippen molar-refractivity contribution < 1.29 is 22.8 Å². The molecule has 0 heterocycles. The predicted octanol–water partition coefficient (Wildman–Crippen LogP) is 1.86. The van der Waals surface area contributed by atoms with E-state index in [0.717, 1.165) is 12.8 Å². The van der Waals surface area contributed by atoms with Gasteiger partial charge in [-0.25, -0.2) is 4.79 Å². The number of unbranched alkanes of at least 4 members (excludes halogenated alkanes) is 1. The van der Waals surface area contributed by atoms with Gasteiger partial charge in [-0.05, 0) is 25.5 Å². The third-order valence-electron chi connectivity index (χ3n) is 2.27. The minimum Gasteiger partial charge on any atom is -0.462 e. The second-order valence-corrected chi connectivity index (χ2v) is 6.44. The highest BCUT2D eigenvalue weighted by atomic mass is 28.4. The smallest absolute Gasteiger partial charge is 0.462 e. The van der Waals surface area contributed by atoms with Crippen LogP contribution in [0.25, 0.3) is 0 Å². The van der Waals surface area contributed by atoms with E-state index >= 15 is 0 Å². The fourth-order valence-corrected chi connectivity index (χ4v) is 2.53. The number of rotatable bonds is 9. The Morgan fingerprint density at radius 2 is 1.78 bits per heavy atom. The zero-order valence-electron chi connectivity index (χ0n) is 11.5. The van der Waals surface area contributed by atoms with Crippen LogP contribution in [0, 0.1) is 0 Å². The number of hydrogen-bond acceptors (Lipinski definition) is 5. The molecule has 104 valence electrons. The number of carbonyl (C=O) groups excluding carboxylic acids is 1. The molecular weight excluding hydrogens is 252 g/mol. The van der Waals surface area contributed by atoms with Crippen LogP contribution >= 0.6 is 0 Å². The molecule has 0 aromatic heterocycles.